The number of amides is 3. The van der Waals surface area contributed by atoms with E-state index in [2.05, 4.69) is 4.98 Å². The molecule has 3 amide bonds. The number of hydrogen-bond donors (Lipinski definition) is 0. The molecule has 0 aromatic carbocycles. The van der Waals surface area contributed by atoms with Gasteiger partial charge in [0.2, 0.25) is 5.91 Å². The highest BCUT2D eigenvalue weighted by Gasteiger charge is 2.24. The fraction of sp³-hybridized carbons (Fsp3) is 0.579. The normalized spacial score (nSPS) is 14.3. The predicted octanol–water partition coefficient (Wildman–Crippen LogP) is 1.65. The second kappa shape index (κ2) is 9.31. The molecule has 0 atom stereocenters. The van der Waals surface area contributed by atoms with E-state index in [1.165, 1.54) is 13.1 Å². The summed E-state index contributed by atoms with van der Waals surface area (Å²) in [6.45, 7) is 9.05. The van der Waals surface area contributed by atoms with Gasteiger partial charge in [-0.05, 0) is 25.0 Å². The molecule has 0 bridgehead atoms. The number of nitrogens with zero attached hydrogens (tertiary/aromatic N) is 4. The minimum Gasteiger partial charge on any atom is -0.339 e. The van der Waals surface area contributed by atoms with Gasteiger partial charge in [0.25, 0.3) is 11.8 Å². The first-order valence-corrected chi connectivity index (χ1v) is 9.28. The van der Waals surface area contributed by atoms with Crippen molar-refractivity contribution in [3.63, 3.8) is 0 Å². The number of carbonyl (C=O) groups is 3. The SMILES string of the molecule is CCCN(CCC)C(=O)c1cc(C(=O)N2CCN(C(C)=O)CC2)ccn1. The van der Waals surface area contributed by atoms with Gasteiger partial charge in [0, 0.05) is 58.0 Å². The van der Waals surface area contributed by atoms with Gasteiger partial charge in [0.15, 0.2) is 0 Å². The summed E-state index contributed by atoms with van der Waals surface area (Å²) < 4.78 is 0. The zero-order valence-electron chi connectivity index (χ0n) is 15.9. The highest BCUT2D eigenvalue weighted by Crippen LogP contribution is 2.12. The maximum absolute atomic E-state index is 12.7. The van der Waals surface area contributed by atoms with Crippen molar-refractivity contribution in [2.45, 2.75) is 33.6 Å². The van der Waals surface area contributed by atoms with Crippen molar-refractivity contribution in [2.75, 3.05) is 39.3 Å². The van der Waals surface area contributed by atoms with Crippen LogP contribution in [0.4, 0.5) is 0 Å². The second-order valence-electron chi connectivity index (χ2n) is 6.52. The lowest BCUT2D eigenvalue weighted by molar-refractivity contribution is -0.130. The van der Waals surface area contributed by atoms with Gasteiger partial charge in [0.05, 0.1) is 0 Å². The first-order valence-electron chi connectivity index (χ1n) is 9.28. The summed E-state index contributed by atoms with van der Waals surface area (Å²) in [5.41, 5.74) is 0.771. The molecule has 0 aliphatic carbocycles. The second-order valence-corrected chi connectivity index (χ2v) is 6.52. The molecule has 0 radical (unpaired) electrons. The summed E-state index contributed by atoms with van der Waals surface area (Å²) in [5.74, 6) is -0.229. The van der Waals surface area contributed by atoms with Gasteiger partial charge in [-0.15, -0.1) is 0 Å². The molecule has 0 spiro atoms. The molecule has 1 aromatic rings. The van der Waals surface area contributed by atoms with Gasteiger partial charge >= 0.3 is 0 Å². The molecule has 0 saturated carbocycles. The Balaban J connectivity index is 2.09. The number of pyridine rings is 1. The predicted molar refractivity (Wildman–Crippen MR) is 98.9 cm³/mol. The van der Waals surface area contributed by atoms with E-state index in [0.29, 0.717) is 50.5 Å². The molecule has 7 nitrogen and oxygen atoms in total. The Labute approximate surface area is 155 Å². The number of hydrogen-bond acceptors (Lipinski definition) is 4. The summed E-state index contributed by atoms with van der Waals surface area (Å²) in [6.07, 6.45) is 3.28. The summed E-state index contributed by atoms with van der Waals surface area (Å²) in [6, 6.07) is 3.22. The Morgan fingerprint density at radius 3 is 2.15 bits per heavy atom. The van der Waals surface area contributed by atoms with Crippen molar-refractivity contribution in [2.24, 2.45) is 0 Å². The quantitative estimate of drug-likeness (QED) is 0.773. The van der Waals surface area contributed by atoms with E-state index in [1.807, 2.05) is 13.8 Å². The van der Waals surface area contributed by atoms with Crippen LogP contribution in [0.3, 0.4) is 0 Å². The Morgan fingerprint density at radius 2 is 1.62 bits per heavy atom. The zero-order chi connectivity index (χ0) is 19.1. The highest BCUT2D eigenvalue weighted by molar-refractivity contribution is 5.98. The van der Waals surface area contributed by atoms with E-state index in [1.54, 1.807) is 26.8 Å². The molecule has 1 aliphatic heterocycles. The van der Waals surface area contributed by atoms with Crippen LogP contribution in [-0.2, 0) is 4.79 Å². The van der Waals surface area contributed by atoms with Crippen LogP contribution in [0.1, 0.15) is 54.5 Å². The summed E-state index contributed by atoms with van der Waals surface area (Å²) >= 11 is 0. The minimum atomic E-state index is -0.134. The lowest BCUT2D eigenvalue weighted by Crippen LogP contribution is -2.50. The van der Waals surface area contributed by atoms with E-state index in [4.69, 9.17) is 0 Å². The smallest absolute Gasteiger partial charge is 0.272 e. The van der Waals surface area contributed by atoms with E-state index < -0.39 is 0 Å². The van der Waals surface area contributed by atoms with Crippen LogP contribution in [0.5, 0.6) is 0 Å². The third-order valence-electron chi connectivity index (χ3n) is 4.51. The fourth-order valence-electron chi connectivity index (χ4n) is 3.10. The molecule has 1 aliphatic rings. The summed E-state index contributed by atoms with van der Waals surface area (Å²) in [4.78, 5) is 46.2. The monoisotopic (exact) mass is 360 g/mol. The van der Waals surface area contributed by atoms with Gasteiger partial charge in [-0.3, -0.25) is 19.4 Å². The van der Waals surface area contributed by atoms with Gasteiger partial charge < -0.3 is 14.7 Å². The van der Waals surface area contributed by atoms with Gasteiger partial charge in [-0.2, -0.15) is 0 Å². The van der Waals surface area contributed by atoms with Gasteiger partial charge in [-0.25, -0.2) is 0 Å². The molecule has 2 rings (SSSR count). The molecular formula is C19H28N4O3. The fourth-order valence-corrected chi connectivity index (χ4v) is 3.10. The zero-order valence-corrected chi connectivity index (χ0v) is 15.9. The molecule has 7 heteroatoms. The molecule has 0 N–H and O–H groups in total. The summed E-state index contributed by atoms with van der Waals surface area (Å²) in [7, 11) is 0. The molecule has 1 saturated heterocycles. The number of rotatable bonds is 6. The third-order valence-corrected chi connectivity index (χ3v) is 4.51. The highest BCUT2D eigenvalue weighted by atomic mass is 16.2. The van der Waals surface area contributed by atoms with Crippen molar-refractivity contribution in [1.29, 1.82) is 0 Å². The Hall–Kier alpha value is -2.44. The molecule has 142 valence electrons. The van der Waals surface area contributed by atoms with Crippen molar-refractivity contribution in [3.8, 4) is 0 Å². The Bertz CT molecular complexity index is 648. The lowest BCUT2D eigenvalue weighted by Gasteiger charge is -2.34. The first kappa shape index (κ1) is 19.9. The van der Waals surface area contributed by atoms with Crippen molar-refractivity contribution >= 4 is 17.7 Å². The van der Waals surface area contributed by atoms with Crippen molar-refractivity contribution < 1.29 is 14.4 Å². The number of aromatic nitrogens is 1. The molecule has 0 unspecified atom stereocenters. The van der Waals surface area contributed by atoms with E-state index in [0.717, 1.165) is 12.8 Å². The van der Waals surface area contributed by atoms with Crippen molar-refractivity contribution in [1.82, 2.24) is 19.7 Å². The number of piperazine rings is 1. The largest absolute Gasteiger partial charge is 0.339 e. The average Bonchev–Trinajstić information content (AvgIpc) is 2.67. The van der Waals surface area contributed by atoms with Crippen LogP contribution in [0.2, 0.25) is 0 Å². The van der Waals surface area contributed by atoms with Crippen LogP contribution in [0, 0.1) is 0 Å². The van der Waals surface area contributed by atoms with E-state index in [9.17, 15) is 14.4 Å². The molecule has 1 fully saturated rings. The molecular weight excluding hydrogens is 332 g/mol. The standard InChI is InChI=1S/C19H28N4O3/c1-4-8-22(9-5-2)19(26)17-14-16(6-7-20-17)18(25)23-12-10-21(11-13-23)15(3)24/h6-7,14H,4-5,8-13H2,1-3H3. The van der Waals surface area contributed by atoms with Crippen LogP contribution in [-0.4, -0.2) is 76.7 Å². The first-order chi connectivity index (χ1) is 12.5. The third kappa shape index (κ3) is 4.80. The minimum absolute atomic E-state index is 0.0285. The maximum atomic E-state index is 12.7. The van der Waals surface area contributed by atoms with Crippen LogP contribution >= 0.6 is 0 Å². The topological polar surface area (TPSA) is 73.8 Å². The number of carbonyl (C=O) groups excluding carboxylic acids is 3. The molecule has 2 heterocycles. The Kier molecular flexibility index (Phi) is 7.12. The van der Waals surface area contributed by atoms with Crippen LogP contribution in [0.15, 0.2) is 18.3 Å². The summed E-state index contributed by atoms with van der Waals surface area (Å²) in [5, 5.41) is 0. The Morgan fingerprint density at radius 1 is 1.04 bits per heavy atom. The lowest BCUT2D eigenvalue weighted by atomic mass is 10.1. The molecule has 1 aromatic heterocycles. The maximum Gasteiger partial charge on any atom is 0.272 e. The average molecular weight is 360 g/mol. The molecule has 26 heavy (non-hydrogen) atoms. The van der Waals surface area contributed by atoms with Crippen molar-refractivity contribution in [3.05, 3.63) is 29.6 Å². The van der Waals surface area contributed by atoms with Gasteiger partial charge in [0.1, 0.15) is 5.69 Å². The van der Waals surface area contributed by atoms with Crippen LogP contribution in [0.25, 0.3) is 0 Å². The van der Waals surface area contributed by atoms with Gasteiger partial charge in [-0.1, -0.05) is 13.8 Å². The van der Waals surface area contributed by atoms with Crippen LogP contribution < -0.4 is 0 Å². The van der Waals surface area contributed by atoms with E-state index >= 15 is 0 Å². The van der Waals surface area contributed by atoms with E-state index in [-0.39, 0.29) is 17.7 Å².